The molecule has 1 aromatic heterocycles. The molecule has 2 aromatic rings. The molecule has 1 heterocycles. The summed E-state index contributed by atoms with van der Waals surface area (Å²) < 4.78 is 0. The molecule has 6 nitrogen and oxygen atoms in total. The molecular formula is C10H12N4O2. The van der Waals surface area contributed by atoms with Gasteiger partial charge < -0.3 is 0 Å². The van der Waals surface area contributed by atoms with Gasteiger partial charge in [0.15, 0.2) is 0 Å². The SMILES string of the molecule is CC(C)(C[N+](=O)[O-])n1nc2ccccc2n1. The molecule has 0 aliphatic rings. The van der Waals surface area contributed by atoms with E-state index in [1.165, 1.54) is 4.80 Å². The van der Waals surface area contributed by atoms with Crippen LogP contribution >= 0.6 is 0 Å². The Bertz CT molecular complexity index is 499. The van der Waals surface area contributed by atoms with Gasteiger partial charge in [0.05, 0.1) is 0 Å². The largest absolute Gasteiger partial charge is 0.264 e. The first-order valence-corrected chi connectivity index (χ1v) is 4.93. The van der Waals surface area contributed by atoms with Gasteiger partial charge in [0, 0.05) is 4.92 Å². The van der Waals surface area contributed by atoms with Gasteiger partial charge in [0.2, 0.25) is 6.54 Å². The molecule has 0 aliphatic heterocycles. The van der Waals surface area contributed by atoms with Crippen molar-refractivity contribution >= 4 is 11.0 Å². The lowest BCUT2D eigenvalue weighted by Crippen LogP contribution is -2.36. The highest BCUT2D eigenvalue weighted by atomic mass is 16.6. The molecule has 0 saturated carbocycles. The molecule has 0 radical (unpaired) electrons. The van der Waals surface area contributed by atoms with Crippen molar-refractivity contribution in [3.05, 3.63) is 34.4 Å². The van der Waals surface area contributed by atoms with E-state index in [4.69, 9.17) is 0 Å². The van der Waals surface area contributed by atoms with Gasteiger partial charge in [-0.15, -0.1) is 0 Å². The predicted molar refractivity (Wildman–Crippen MR) is 58.7 cm³/mol. The van der Waals surface area contributed by atoms with Crippen molar-refractivity contribution in [2.45, 2.75) is 19.4 Å². The number of aromatic nitrogens is 3. The molecule has 0 amide bonds. The van der Waals surface area contributed by atoms with Crippen LogP contribution in [0, 0.1) is 10.1 Å². The molecule has 0 N–H and O–H groups in total. The summed E-state index contributed by atoms with van der Waals surface area (Å²) >= 11 is 0. The lowest BCUT2D eigenvalue weighted by atomic mass is 10.1. The molecule has 0 atom stereocenters. The molecule has 84 valence electrons. The third kappa shape index (κ3) is 1.86. The molecule has 6 heteroatoms. The standard InChI is InChI=1S/C10H12N4O2/c1-10(2,7-13(15)16)14-11-8-5-3-4-6-9(8)12-14/h3-6H,7H2,1-2H3. The van der Waals surface area contributed by atoms with E-state index in [9.17, 15) is 10.1 Å². The van der Waals surface area contributed by atoms with Crippen molar-refractivity contribution in [3.63, 3.8) is 0 Å². The Labute approximate surface area is 92.0 Å². The number of hydrogen-bond acceptors (Lipinski definition) is 4. The molecule has 0 fully saturated rings. The lowest BCUT2D eigenvalue weighted by Gasteiger charge is -2.17. The van der Waals surface area contributed by atoms with Crippen LogP contribution in [-0.2, 0) is 5.54 Å². The first-order valence-electron chi connectivity index (χ1n) is 4.93. The Kier molecular flexibility index (Phi) is 2.34. The summed E-state index contributed by atoms with van der Waals surface area (Å²) in [6.07, 6.45) is 0. The van der Waals surface area contributed by atoms with Crippen molar-refractivity contribution in [3.8, 4) is 0 Å². The predicted octanol–water partition coefficient (Wildman–Crippen LogP) is 1.44. The van der Waals surface area contributed by atoms with E-state index in [2.05, 4.69) is 10.2 Å². The minimum absolute atomic E-state index is 0.200. The first-order chi connectivity index (χ1) is 7.49. The summed E-state index contributed by atoms with van der Waals surface area (Å²) in [7, 11) is 0. The quantitative estimate of drug-likeness (QED) is 0.579. The third-order valence-electron chi connectivity index (χ3n) is 2.34. The number of nitrogens with zero attached hydrogens (tertiary/aromatic N) is 4. The fraction of sp³-hybridized carbons (Fsp3) is 0.400. The Morgan fingerprint density at radius 1 is 1.31 bits per heavy atom. The Morgan fingerprint density at radius 3 is 2.25 bits per heavy atom. The molecule has 0 unspecified atom stereocenters. The van der Waals surface area contributed by atoms with Gasteiger partial charge >= 0.3 is 0 Å². The summed E-state index contributed by atoms with van der Waals surface area (Å²) in [4.78, 5) is 11.6. The Hall–Kier alpha value is -1.98. The van der Waals surface area contributed by atoms with Crippen LogP contribution in [0.1, 0.15) is 13.8 Å². The maximum atomic E-state index is 10.5. The van der Waals surface area contributed by atoms with Gasteiger partial charge in [0.25, 0.3) is 0 Å². The zero-order valence-electron chi connectivity index (χ0n) is 9.12. The molecule has 0 bridgehead atoms. The smallest absolute Gasteiger partial charge is 0.230 e. The number of hydrogen-bond donors (Lipinski definition) is 0. The van der Waals surface area contributed by atoms with Gasteiger partial charge in [-0.2, -0.15) is 15.0 Å². The summed E-state index contributed by atoms with van der Waals surface area (Å²) in [6, 6.07) is 7.39. The second kappa shape index (κ2) is 3.55. The zero-order chi connectivity index (χ0) is 11.8. The minimum atomic E-state index is -0.720. The Balaban J connectivity index is 2.43. The van der Waals surface area contributed by atoms with E-state index < -0.39 is 5.54 Å². The number of nitro groups is 1. The summed E-state index contributed by atoms with van der Waals surface area (Å²) in [6.45, 7) is 3.29. The number of rotatable bonds is 3. The van der Waals surface area contributed by atoms with E-state index in [0.717, 1.165) is 11.0 Å². The monoisotopic (exact) mass is 220 g/mol. The van der Waals surface area contributed by atoms with Gasteiger partial charge in [-0.25, -0.2) is 0 Å². The molecule has 0 aliphatic carbocycles. The van der Waals surface area contributed by atoms with Crippen LogP contribution in [0.15, 0.2) is 24.3 Å². The fourth-order valence-electron chi connectivity index (χ4n) is 1.51. The first kappa shape index (κ1) is 10.5. The number of benzene rings is 1. The van der Waals surface area contributed by atoms with E-state index in [1.54, 1.807) is 13.8 Å². The van der Waals surface area contributed by atoms with Gasteiger partial charge in [0.1, 0.15) is 16.6 Å². The second-order valence-electron chi connectivity index (χ2n) is 4.28. The average molecular weight is 220 g/mol. The lowest BCUT2D eigenvalue weighted by molar-refractivity contribution is -0.494. The van der Waals surface area contributed by atoms with Crippen LogP contribution in [0.4, 0.5) is 0 Å². The van der Waals surface area contributed by atoms with Crippen molar-refractivity contribution in [1.29, 1.82) is 0 Å². The topological polar surface area (TPSA) is 73.8 Å². The van der Waals surface area contributed by atoms with E-state index in [1.807, 2.05) is 24.3 Å². The van der Waals surface area contributed by atoms with Crippen molar-refractivity contribution in [2.24, 2.45) is 0 Å². The highest BCUT2D eigenvalue weighted by Crippen LogP contribution is 2.16. The van der Waals surface area contributed by atoms with E-state index in [-0.39, 0.29) is 11.5 Å². The minimum Gasteiger partial charge on any atom is -0.264 e. The third-order valence-corrected chi connectivity index (χ3v) is 2.34. The highest BCUT2D eigenvalue weighted by molar-refractivity contribution is 5.73. The molecule has 16 heavy (non-hydrogen) atoms. The van der Waals surface area contributed by atoms with Crippen molar-refractivity contribution in [1.82, 2.24) is 15.0 Å². The van der Waals surface area contributed by atoms with Crippen LogP contribution in [0.2, 0.25) is 0 Å². The summed E-state index contributed by atoms with van der Waals surface area (Å²) in [5.41, 5.74) is 0.778. The summed E-state index contributed by atoms with van der Waals surface area (Å²) in [5.74, 6) is 0. The van der Waals surface area contributed by atoms with Crippen molar-refractivity contribution < 1.29 is 4.92 Å². The summed E-state index contributed by atoms with van der Waals surface area (Å²) in [5, 5.41) is 19.0. The molecule has 2 rings (SSSR count). The highest BCUT2D eigenvalue weighted by Gasteiger charge is 2.29. The van der Waals surface area contributed by atoms with Gasteiger partial charge in [-0.1, -0.05) is 12.1 Å². The zero-order valence-corrected chi connectivity index (χ0v) is 9.12. The normalized spacial score (nSPS) is 11.9. The molecule has 0 spiro atoms. The van der Waals surface area contributed by atoms with Gasteiger partial charge in [-0.3, -0.25) is 10.1 Å². The van der Waals surface area contributed by atoms with Crippen molar-refractivity contribution in [2.75, 3.05) is 6.54 Å². The average Bonchev–Trinajstić information content (AvgIpc) is 2.59. The fourth-order valence-corrected chi connectivity index (χ4v) is 1.51. The Morgan fingerprint density at radius 2 is 1.81 bits per heavy atom. The van der Waals surface area contributed by atoms with Crippen LogP contribution in [0.5, 0.6) is 0 Å². The molecule has 0 saturated heterocycles. The van der Waals surface area contributed by atoms with Crippen LogP contribution in [-0.4, -0.2) is 26.5 Å². The van der Waals surface area contributed by atoms with Crippen LogP contribution in [0.3, 0.4) is 0 Å². The van der Waals surface area contributed by atoms with Gasteiger partial charge in [-0.05, 0) is 26.0 Å². The molecular weight excluding hydrogens is 208 g/mol. The molecule has 1 aromatic carbocycles. The second-order valence-corrected chi connectivity index (χ2v) is 4.28. The van der Waals surface area contributed by atoms with Crippen LogP contribution in [0.25, 0.3) is 11.0 Å². The van der Waals surface area contributed by atoms with E-state index >= 15 is 0 Å². The van der Waals surface area contributed by atoms with Crippen LogP contribution < -0.4 is 0 Å². The van der Waals surface area contributed by atoms with E-state index in [0.29, 0.717) is 0 Å². The number of fused-ring (bicyclic) bond motifs is 1. The maximum Gasteiger partial charge on any atom is 0.230 e. The maximum absolute atomic E-state index is 10.5.